The number of hydrogen-bond acceptors (Lipinski definition) is 6. The Bertz CT molecular complexity index is 875. The van der Waals surface area contributed by atoms with Crippen molar-refractivity contribution in [3.63, 3.8) is 0 Å². The molecule has 1 rings (SSSR count). The Kier molecular flexibility index (Phi) is 11.9. The average Bonchev–Trinajstić information content (AvgIpc) is 2.71. The van der Waals surface area contributed by atoms with Crippen molar-refractivity contribution in [3.8, 4) is 5.75 Å². The number of carbonyl (C=O) groups excluding carboxylic acids is 1. The van der Waals surface area contributed by atoms with Gasteiger partial charge in [0.15, 0.2) is 0 Å². The van der Waals surface area contributed by atoms with Gasteiger partial charge in [-0.25, -0.2) is 0 Å². The molecule has 1 aromatic carbocycles. The Morgan fingerprint density at radius 1 is 1.06 bits per heavy atom. The lowest BCUT2D eigenvalue weighted by molar-refractivity contribution is -0.133. The fourth-order valence-corrected chi connectivity index (χ4v) is 4.64. The van der Waals surface area contributed by atoms with E-state index < -0.39 is 10.1 Å². The third-order valence-corrected chi connectivity index (χ3v) is 6.91. The van der Waals surface area contributed by atoms with E-state index in [-0.39, 0.29) is 23.0 Å². The minimum atomic E-state index is -3.70. The topological polar surface area (TPSA) is 70.2 Å². The second kappa shape index (κ2) is 13.3. The standard InChI is InChI=1S/C26H47N3O4S/c1-10-28(11-2)23-14-13-22(24(18-23)33-34(31,32)12-3)20-29(16-15-27(8)9)25(30)17-21(4)19-26(5,6)7/h13-14,18,21H,10-12,15-17,19-20H2,1-9H3. The van der Waals surface area contributed by atoms with Crippen molar-refractivity contribution < 1.29 is 17.4 Å². The summed E-state index contributed by atoms with van der Waals surface area (Å²) in [5.74, 6) is 0.526. The molecule has 7 nitrogen and oxygen atoms in total. The van der Waals surface area contributed by atoms with E-state index in [1.54, 1.807) is 13.0 Å². The molecule has 0 aliphatic rings. The van der Waals surface area contributed by atoms with Crippen molar-refractivity contribution in [2.24, 2.45) is 11.3 Å². The predicted octanol–water partition coefficient (Wildman–Crippen LogP) is 4.61. The van der Waals surface area contributed by atoms with Crippen LogP contribution in [0.3, 0.4) is 0 Å². The van der Waals surface area contributed by atoms with Gasteiger partial charge in [-0.3, -0.25) is 4.79 Å². The zero-order chi connectivity index (χ0) is 26.1. The van der Waals surface area contributed by atoms with E-state index in [0.717, 1.165) is 31.7 Å². The number of carbonyl (C=O) groups is 1. The Labute approximate surface area is 208 Å². The summed E-state index contributed by atoms with van der Waals surface area (Å²) in [5, 5.41) is 0. The number of nitrogens with zero attached hydrogens (tertiary/aromatic N) is 3. The van der Waals surface area contributed by atoms with E-state index in [9.17, 15) is 13.2 Å². The maximum absolute atomic E-state index is 13.3. The maximum atomic E-state index is 13.3. The molecule has 0 heterocycles. The van der Waals surface area contributed by atoms with E-state index in [0.29, 0.717) is 30.8 Å². The summed E-state index contributed by atoms with van der Waals surface area (Å²) in [4.78, 5) is 19.3. The average molecular weight is 498 g/mol. The molecule has 0 saturated carbocycles. The van der Waals surface area contributed by atoms with E-state index in [1.165, 1.54) is 0 Å². The molecule has 1 atom stereocenters. The zero-order valence-corrected chi connectivity index (χ0v) is 23.7. The molecule has 0 aromatic heterocycles. The lowest BCUT2D eigenvalue weighted by Gasteiger charge is -2.29. The highest BCUT2D eigenvalue weighted by atomic mass is 32.2. The maximum Gasteiger partial charge on any atom is 0.308 e. The highest BCUT2D eigenvalue weighted by Gasteiger charge is 2.23. The Hall–Kier alpha value is -1.80. The molecule has 0 N–H and O–H groups in total. The van der Waals surface area contributed by atoms with Crippen LogP contribution in [0.15, 0.2) is 18.2 Å². The lowest BCUT2D eigenvalue weighted by Crippen LogP contribution is -2.37. The Balaban J connectivity index is 3.28. The molecule has 0 aliphatic carbocycles. The third-order valence-electron chi connectivity index (χ3n) is 5.76. The molecule has 1 unspecified atom stereocenters. The van der Waals surface area contributed by atoms with Crippen LogP contribution in [-0.2, 0) is 21.5 Å². The molecule has 196 valence electrons. The van der Waals surface area contributed by atoms with Gasteiger partial charge in [0, 0.05) is 56.5 Å². The normalized spacial score (nSPS) is 13.1. The van der Waals surface area contributed by atoms with Gasteiger partial charge in [0.1, 0.15) is 5.75 Å². The number of rotatable bonds is 14. The summed E-state index contributed by atoms with van der Waals surface area (Å²) in [7, 11) is 0.254. The highest BCUT2D eigenvalue weighted by Crippen LogP contribution is 2.30. The smallest absolute Gasteiger partial charge is 0.308 e. The highest BCUT2D eigenvalue weighted by molar-refractivity contribution is 7.87. The van der Waals surface area contributed by atoms with Crippen LogP contribution < -0.4 is 9.08 Å². The largest absolute Gasteiger partial charge is 0.382 e. The minimum absolute atomic E-state index is 0.0794. The molecule has 34 heavy (non-hydrogen) atoms. The molecular formula is C26H47N3O4S. The van der Waals surface area contributed by atoms with Crippen molar-refractivity contribution in [1.29, 1.82) is 0 Å². The van der Waals surface area contributed by atoms with Crippen molar-refractivity contribution in [2.75, 3.05) is 50.9 Å². The summed E-state index contributed by atoms with van der Waals surface area (Å²) in [5.41, 5.74) is 1.76. The van der Waals surface area contributed by atoms with E-state index >= 15 is 0 Å². The monoisotopic (exact) mass is 497 g/mol. The summed E-state index contributed by atoms with van der Waals surface area (Å²) < 4.78 is 30.2. The number of likely N-dealkylation sites (N-methyl/N-ethyl adjacent to an activating group) is 1. The summed E-state index contributed by atoms with van der Waals surface area (Å²) in [6.45, 7) is 17.6. The van der Waals surface area contributed by atoms with Gasteiger partial charge in [-0.15, -0.1) is 0 Å². The van der Waals surface area contributed by atoms with Crippen molar-refractivity contribution in [2.45, 2.75) is 67.9 Å². The first-order valence-corrected chi connectivity index (χ1v) is 14.0. The molecule has 0 aliphatic heterocycles. The number of benzene rings is 1. The first kappa shape index (κ1) is 30.2. The quantitative estimate of drug-likeness (QED) is 0.350. The third kappa shape index (κ3) is 10.6. The van der Waals surface area contributed by atoms with Gasteiger partial charge in [0.2, 0.25) is 5.91 Å². The minimum Gasteiger partial charge on any atom is -0.382 e. The summed E-state index contributed by atoms with van der Waals surface area (Å²) in [6, 6.07) is 5.65. The number of anilines is 1. The van der Waals surface area contributed by atoms with Gasteiger partial charge in [-0.2, -0.15) is 8.42 Å². The van der Waals surface area contributed by atoms with Gasteiger partial charge < -0.3 is 18.9 Å². The first-order chi connectivity index (χ1) is 15.7. The Morgan fingerprint density at radius 2 is 1.68 bits per heavy atom. The van der Waals surface area contributed by atoms with Crippen LogP contribution in [-0.4, -0.2) is 70.2 Å². The number of amides is 1. The van der Waals surface area contributed by atoms with E-state index in [4.69, 9.17) is 4.18 Å². The molecular weight excluding hydrogens is 450 g/mol. The molecule has 0 saturated heterocycles. The van der Waals surface area contributed by atoms with Crippen LogP contribution in [0, 0.1) is 11.3 Å². The summed E-state index contributed by atoms with van der Waals surface area (Å²) >= 11 is 0. The van der Waals surface area contributed by atoms with Gasteiger partial charge in [-0.1, -0.05) is 33.8 Å². The fraction of sp³-hybridized carbons (Fsp3) is 0.731. The zero-order valence-electron chi connectivity index (χ0n) is 22.8. The van der Waals surface area contributed by atoms with E-state index in [2.05, 4.69) is 46.4 Å². The van der Waals surface area contributed by atoms with Crippen LogP contribution in [0.2, 0.25) is 0 Å². The van der Waals surface area contributed by atoms with Crippen molar-refractivity contribution >= 4 is 21.7 Å². The fourth-order valence-electron chi connectivity index (χ4n) is 4.10. The van der Waals surface area contributed by atoms with E-state index in [1.807, 2.05) is 36.0 Å². The first-order valence-electron chi connectivity index (χ1n) is 12.4. The Morgan fingerprint density at radius 3 is 2.18 bits per heavy atom. The van der Waals surface area contributed by atoms with Gasteiger partial charge >= 0.3 is 10.1 Å². The second-order valence-electron chi connectivity index (χ2n) is 10.6. The van der Waals surface area contributed by atoms with Gasteiger partial charge in [0.25, 0.3) is 0 Å². The molecule has 1 amide bonds. The molecule has 8 heteroatoms. The van der Waals surface area contributed by atoms with Crippen LogP contribution in [0.25, 0.3) is 0 Å². The van der Waals surface area contributed by atoms with Crippen molar-refractivity contribution in [1.82, 2.24) is 9.80 Å². The van der Waals surface area contributed by atoms with Crippen LogP contribution >= 0.6 is 0 Å². The SMILES string of the molecule is CCN(CC)c1ccc(CN(CCN(C)C)C(=O)CC(C)CC(C)(C)C)c(OS(=O)(=O)CC)c1. The van der Waals surface area contributed by atoms with Crippen LogP contribution in [0.5, 0.6) is 5.75 Å². The second-order valence-corrected chi connectivity index (χ2v) is 12.4. The van der Waals surface area contributed by atoms with Crippen LogP contribution in [0.4, 0.5) is 5.69 Å². The summed E-state index contributed by atoms with van der Waals surface area (Å²) in [6.07, 6.45) is 1.42. The van der Waals surface area contributed by atoms with Gasteiger partial charge in [0.05, 0.1) is 5.75 Å². The lowest BCUT2D eigenvalue weighted by atomic mass is 9.84. The molecule has 0 radical (unpaired) electrons. The molecule has 1 aromatic rings. The van der Waals surface area contributed by atoms with Crippen molar-refractivity contribution in [3.05, 3.63) is 23.8 Å². The van der Waals surface area contributed by atoms with Crippen LogP contribution in [0.1, 0.15) is 66.9 Å². The molecule has 0 fully saturated rings. The molecule has 0 spiro atoms. The van der Waals surface area contributed by atoms with Gasteiger partial charge in [-0.05, 0) is 58.7 Å². The molecule has 0 bridgehead atoms. The number of hydrogen-bond donors (Lipinski definition) is 0. The predicted molar refractivity (Wildman–Crippen MR) is 142 cm³/mol.